The summed E-state index contributed by atoms with van der Waals surface area (Å²) in [6.45, 7) is 0.540. The number of nitrogens with one attached hydrogen (secondary N) is 1. The van der Waals surface area contributed by atoms with Crippen LogP contribution >= 0.6 is 15.9 Å². The molecule has 1 fully saturated rings. The van der Waals surface area contributed by atoms with E-state index in [-0.39, 0.29) is 30.5 Å². The molecule has 1 amide bonds. The van der Waals surface area contributed by atoms with Gasteiger partial charge >= 0.3 is 0 Å². The number of anilines is 1. The molecule has 106 valence electrons. The van der Waals surface area contributed by atoms with Gasteiger partial charge in [0.05, 0.1) is 6.07 Å². The molecule has 0 aromatic heterocycles. The topological polar surface area (TPSA) is 62.1 Å². The van der Waals surface area contributed by atoms with Gasteiger partial charge in [-0.2, -0.15) is 5.26 Å². The average molecular weight is 345 g/mol. The quantitative estimate of drug-likeness (QED) is 0.896. The van der Waals surface area contributed by atoms with Crippen LogP contribution in [0.5, 0.6) is 0 Å². The third-order valence-corrected chi connectivity index (χ3v) is 3.70. The van der Waals surface area contributed by atoms with Crippen LogP contribution in [-0.2, 0) is 9.53 Å². The number of ether oxygens (including phenoxy) is 1. The van der Waals surface area contributed by atoms with Crippen LogP contribution < -0.4 is 5.32 Å². The van der Waals surface area contributed by atoms with E-state index in [4.69, 9.17) is 4.74 Å². The first-order valence-corrected chi connectivity index (χ1v) is 6.73. The Morgan fingerprint density at radius 1 is 1.35 bits per heavy atom. The number of nitriles is 1. The standard InChI is InChI=1S/C13H11BrF2N2O2/c14-8-5-9(15)11(10(16)6-8)18-12(19)13(7-17)1-3-20-4-2-13/h5-6H,1-4H2,(H,18,19). The number of benzene rings is 1. The predicted molar refractivity (Wildman–Crippen MR) is 70.8 cm³/mol. The molecule has 1 N–H and O–H groups in total. The molecule has 7 heteroatoms. The average Bonchev–Trinajstić information content (AvgIpc) is 2.43. The largest absolute Gasteiger partial charge is 0.381 e. The van der Waals surface area contributed by atoms with Crippen LogP contribution in [0.25, 0.3) is 0 Å². The van der Waals surface area contributed by atoms with Crippen molar-refractivity contribution in [2.75, 3.05) is 18.5 Å². The minimum Gasteiger partial charge on any atom is -0.381 e. The monoisotopic (exact) mass is 344 g/mol. The highest BCUT2D eigenvalue weighted by Gasteiger charge is 2.41. The maximum atomic E-state index is 13.7. The normalized spacial score (nSPS) is 17.3. The van der Waals surface area contributed by atoms with Crippen molar-refractivity contribution in [1.29, 1.82) is 5.26 Å². The zero-order chi connectivity index (χ0) is 14.8. The van der Waals surface area contributed by atoms with Crippen molar-refractivity contribution < 1.29 is 18.3 Å². The second-order valence-corrected chi connectivity index (χ2v) is 5.42. The first-order valence-electron chi connectivity index (χ1n) is 5.93. The highest BCUT2D eigenvalue weighted by atomic mass is 79.9. The Kier molecular flexibility index (Phi) is 4.35. The second-order valence-electron chi connectivity index (χ2n) is 4.50. The molecule has 4 nitrogen and oxygen atoms in total. The minimum atomic E-state index is -1.30. The number of nitrogens with zero attached hydrogens (tertiary/aromatic N) is 1. The van der Waals surface area contributed by atoms with Gasteiger partial charge in [-0.25, -0.2) is 8.78 Å². The van der Waals surface area contributed by atoms with Gasteiger partial charge < -0.3 is 10.1 Å². The Hall–Kier alpha value is -1.52. The van der Waals surface area contributed by atoms with Crippen molar-refractivity contribution in [3.8, 4) is 6.07 Å². The molecule has 0 aliphatic carbocycles. The number of hydrogen-bond acceptors (Lipinski definition) is 3. The molecule has 1 aromatic carbocycles. The van der Waals surface area contributed by atoms with Gasteiger partial charge in [0, 0.05) is 17.7 Å². The molecule has 0 saturated carbocycles. The fourth-order valence-electron chi connectivity index (χ4n) is 2.00. The van der Waals surface area contributed by atoms with Gasteiger partial charge in [-0.3, -0.25) is 4.79 Å². The Bertz CT molecular complexity index is 557. The number of hydrogen-bond donors (Lipinski definition) is 1. The van der Waals surface area contributed by atoms with Crippen molar-refractivity contribution in [2.24, 2.45) is 5.41 Å². The molecule has 2 rings (SSSR count). The number of carbonyl (C=O) groups is 1. The van der Waals surface area contributed by atoms with E-state index >= 15 is 0 Å². The number of halogens is 3. The van der Waals surface area contributed by atoms with Crippen molar-refractivity contribution >= 4 is 27.5 Å². The molecule has 1 aliphatic heterocycles. The number of carbonyl (C=O) groups excluding carboxylic acids is 1. The van der Waals surface area contributed by atoms with Crippen LogP contribution in [0, 0.1) is 28.4 Å². The summed E-state index contributed by atoms with van der Waals surface area (Å²) in [5, 5.41) is 11.4. The summed E-state index contributed by atoms with van der Waals surface area (Å²) >= 11 is 2.95. The maximum Gasteiger partial charge on any atom is 0.245 e. The van der Waals surface area contributed by atoms with Gasteiger partial charge in [0.2, 0.25) is 5.91 Å². The molecule has 1 aliphatic rings. The van der Waals surface area contributed by atoms with Crippen LogP contribution in [-0.4, -0.2) is 19.1 Å². The van der Waals surface area contributed by atoms with Crippen molar-refractivity contribution in [3.63, 3.8) is 0 Å². The van der Waals surface area contributed by atoms with Gasteiger partial charge in [-0.15, -0.1) is 0 Å². The molecule has 1 saturated heterocycles. The lowest BCUT2D eigenvalue weighted by atomic mass is 9.81. The number of amides is 1. The van der Waals surface area contributed by atoms with Crippen LogP contribution in [0.15, 0.2) is 16.6 Å². The van der Waals surface area contributed by atoms with Crippen molar-refractivity contribution in [1.82, 2.24) is 0 Å². The highest BCUT2D eigenvalue weighted by Crippen LogP contribution is 2.32. The van der Waals surface area contributed by atoms with Crippen molar-refractivity contribution in [3.05, 3.63) is 28.2 Å². The summed E-state index contributed by atoms with van der Waals surface area (Å²) in [6, 6.07) is 4.03. The molecule has 0 bridgehead atoms. The Labute approximate surface area is 122 Å². The van der Waals surface area contributed by atoms with Crippen LogP contribution in [0.2, 0.25) is 0 Å². The van der Waals surface area contributed by atoms with Crippen LogP contribution in [0.4, 0.5) is 14.5 Å². The van der Waals surface area contributed by atoms with Gasteiger partial charge in [-0.05, 0) is 25.0 Å². The first kappa shape index (κ1) is 14.9. The predicted octanol–water partition coefficient (Wildman–Crippen LogP) is 2.99. The van der Waals surface area contributed by atoms with E-state index in [2.05, 4.69) is 21.2 Å². The molecule has 20 heavy (non-hydrogen) atoms. The van der Waals surface area contributed by atoms with E-state index in [1.54, 1.807) is 0 Å². The zero-order valence-corrected chi connectivity index (χ0v) is 12.0. The second kappa shape index (κ2) is 5.85. The molecule has 0 spiro atoms. The van der Waals surface area contributed by atoms with E-state index in [0.29, 0.717) is 0 Å². The summed E-state index contributed by atoms with van der Waals surface area (Å²) < 4.78 is 32.7. The van der Waals surface area contributed by atoms with E-state index in [1.165, 1.54) is 0 Å². The molecule has 0 unspecified atom stereocenters. The molecule has 1 heterocycles. The molecular formula is C13H11BrF2N2O2. The Morgan fingerprint density at radius 2 is 1.90 bits per heavy atom. The molecule has 1 aromatic rings. The van der Waals surface area contributed by atoms with E-state index in [9.17, 15) is 18.8 Å². The highest BCUT2D eigenvalue weighted by molar-refractivity contribution is 9.10. The van der Waals surface area contributed by atoms with E-state index in [0.717, 1.165) is 12.1 Å². The zero-order valence-electron chi connectivity index (χ0n) is 10.4. The van der Waals surface area contributed by atoms with Gasteiger partial charge in [0.1, 0.15) is 11.1 Å². The molecule has 0 radical (unpaired) electrons. The summed E-state index contributed by atoms with van der Waals surface area (Å²) in [5.41, 5.74) is -1.84. The lowest BCUT2D eigenvalue weighted by Gasteiger charge is -2.29. The summed E-state index contributed by atoms with van der Waals surface area (Å²) in [4.78, 5) is 12.2. The maximum absolute atomic E-state index is 13.7. The fraction of sp³-hybridized carbons (Fsp3) is 0.385. The van der Waals surface area contributed by atoms with Gasteiger partial charge in [0.15, 0.2) is 11.6 Å². The Morgan fingerprint density at radius 3 is 2.40 bits per heavy atom. The number of rotatable bonds is 2. The van der Waals surface area contributed by atoms with Gasteiger partial charge in [0.25, 0.3) is 0 Å². The lowest BCUT2D eigenvalue weighted by Crippen LogP contribution is -2.40. The van der Waals surface area contributed by atoms with Crippen molar-refractivity contribution in [2.45, 2.75) is 12.8 Å². The molecule has 0 atom stereocenters. The van der Waals surface area contributed by atoms with Gasteiger partial charge in [-0.1, -0.05) is 15.9 Å². The lowest BCUT2D eigenvalue weighted by molar-refractivity contribution is -0.126. The van der Waals surface area contributed by atoms with E-state index < -0.39 is 28.6 Å². The summed E-state index contributed by atoms with van der Waals surface area (Å²) in [7, 11) is 0. The van der Waals surface area contributed by atoms with Crippen LogP contribution in [0.1, 0.15) is 12.8 Å². The third-order valence-electron chi connectivity index (χ3n) is 3.24. The first-order chi connectivity index (χ1) is 9.48. The third kappa shape index (κ3) is 2.81. The fourth-order valence-corrected chi connectivity index (χ4v) is 2.41. The minimum absolute atomic E-state index is 0.203. The van der Waals surface area contributed by atoms with Crippen LogP contribution in [0.3, 0.4) is 0 Å². The smallest absolute Gasteiger partial charge is 0.245 e. The summed E-state index contributed by atoms with van der Waals surface area (Å²) in [5.74, 6) is -2.50. The SMILES string of the molecule is N#CC1(C(=O)Nc2c(F)cc(Br)cc2F)CCOCC1. The summed E-state index contributed by atoms with van der Waals surface area (Å²) in [6.07, 6.45) is 0.407. The van der Waals surface area contributed by atoms with E-state index in [1.807, 2.05) is 6.07 Å². The molecular weight excluding hydrogens is 334 g/mol. The Balaban J connectivity index is 2.26.